The van der Waals surface area contributed by atoms with E-state index in [0.29, 0.717) is 22.7 Å². The van der Waals surface area contributed by atoms with E-state index < -0.39 is 23.7 Å². The van der Waals surface area contributed by atoms with Gasteiger partial charge in [0.25, 0.3) is 5.91 Å². The van der Waals surface area contributed by atoms with Crippen LogP contribution in [0.4, 0.5) is 32.1 Å². The Kier molecular flexibility index (Phi) is 8.04. The fourth-order valence-electron chi connectivity index (χ4n) is 5.56. The molecule has 2 heterocycles. The molecule has 0 radical (unpaired) electrons. The van der Waals surface area contributed by atoms with E-state index in [4.69, 9.17) is 5.11 Å². The fraction of sp³-hybridized carbons (Fsp3) is 0.219. The van der Waals surface area contributed by atoms with Gasteiger partial charge in [0.15, 0.2) is 11.4 Å². The summed E-state index contributed by atoms with van der Waals surface area (Å²) in [6.07, 6.45) is 10.4. The summed E-state index contributed by atoms with van der Waals surface area (Å²) in [5, 5.41) is 25.8. The summed E-state index contributed by atoms with van der Waals surface area (Å²) < 4.78 is 15.0. The Morgan fingerprint density at radius 1 is 0.955 bits per heavy atom. The van der Waals surface area contributed by atoms with Gasteiger partial charge in [-0.1, -0.05) is 24.3 Å². The number of hydrogen-bond donors (Lipinski definition) is 5. The van der Waals surface area contributed by atoms with Gasteiger partial charge in [0, 0.05) is 41.9 Å². The Labute approximate surface area is 251 Å². The van der Waals surface area contributed by atoms with Gasteiger partial charge in [-0.2, -0.15) is 0 Å². The number of hydrogen-bond acceptors (Lipinski definition) is 7. The van der Waals surface area contributed by atoms with Crippen molar-refractivity contribution in [1.29, 1.82) is 0 Å². The van der Waals surface area contributed by atoms with Crippen LogP contribution in [0.3, 0.4) is 0 Å². The molecule has 0 saturated heterocycles. The number of Topliss-reactive ketones (excluding diaryl/α,β-unsaturated/α-hetero) is 1. The number of carboxylic acid groups (broad SMARTS) is 1. The van der Waals surface area contributed by atoms with Crippen LogP contribution in [0.1, 0.15) is 37.2 Å². The lowest BCUT2D eigenvalue weighted by molar-refractivity contribution is -0.120. The Balaban J connectivity index is 1.10. The van der Waals surface area contributed by atoms with Crippen LogP contribution in [-0.2, 0) is 9.59 Å². The number of halogens is 1. The summed E-state index contributed by atoms with van der Waals surface area (Å²) in [7, 11) is 0. The molecule has 44 heavy (non-hydrogen) atoms. The van der Waals surface area contributed by atoms with Crippen LogP contribution in [0, 0.1) is 5.82 Å². The van der Waals surface area contributed by atoms with Crippen molar-refractivity contribution in [2.75, 3.05) is 16.0 Å². The second kappa shape index (κ2) is 12.4. The van der Waals surface area contributed by atoms with Gasteiger partial charge in [-0.05, 0) is 73.7 Å². The Morgan fingerprint density at radius 3 is 2.39 bits per heavy atom. The number of carbonyl (C=O) groups is 3. The second-order valence-corrected chi connectivity index (χ2v) is 10.8. The number of fused-ring (bicyclic) bond motifs is 1. The first-order valence-corrected chi connectivity index (χ1v) is 14.3. The topological polar surface area (TPSA) is 150 Å². The largest absolute Gasteiger partial charge is 0.465 e. The van der Waals surface area contributed by atoms with Crippen molar-refractivity contribution >= 4 is 46.3 Å². The number of amides is 2. The van der Waals surface area contributed by atoms with Crippen LogP contribution in [0.25, 0.3) is 5.65 Å². The van der Waals surface area contributed by atoms with E-state index in [9.17, 15) is 18.8 Å². The highest BCUT2D eigenvalue weighted by Gasteiger charge is 2.28. The molecule has 12 heteroatoms. The molecular formula is C32H30FN7O4. The maximum Gasteiger partial charge on any atom is 0.404 e. The SMILES string of the molecule is O=C(O)NC1CCC(Nc2cc(Nc3ccc(NC(=O)C4=CC=CC(c5ccc(F)cc5)C4=O)cc3)c3nccn3n2)CC1. The first-order valence-electron chi connectivity index (χ1n) is 14.3. The van der Waals surface area contributed by atoms with E-state index in [1.165, 1.54) is 18.2 Å². The third-order valence-electron chi connectivity index (χ3n) is 7.78. The molecule has 0 aliphatic heterocycles. The summed E-state index contributed by atoms with van der Waals surface area (Å²) in [6, 6.07) is 14.7. The maximum atomic E-state index is 13.3. The lowest BCUT2D eigenvalue weighted by Gasteiger charge is -2.29. The number of anilines is 4. The normalized spacial score (nSPS) is 19.7. The second-order valence-electron chi connectivity index (χ2n) is 10.8. The van der Waals surface area contributed by atoms with Crippen molar-refractivity contribution in [3.63, 3.8) is 0 Å². The Bertz CT molecular complexity index is 1760. The molecule has 5 N–H and O–H groups in total. The molecule has 1 unspecified atom stereocenters. The van der Waals surface area contributed by atoms with Crippen LogP contribution in [0.2, 0.25) is 0 Å². The van der Waals surface area contributed by atoms with E-state index in [1.807, 2.05) is 6.07 Å². The van der Waals surface area contributed by atoms with Gasteiger partial charge < -0.3 is 26.4 Å². The molecule has 11 nitrogen and oxygen atoms in total. The van der Waals surface area contributed by atoms with E-state index in [0.717, 1.165) is 37.1 Å². The first kappa shape index (κ1) is 28.6. The van der Waals surface area contributed by atoms with Gasteiger partial charge in [-0.25, -0.2) is 18.7 Å². The van der Waals surface area contributed by atoms with Gasteiger partial charge in [0.05, 0.1) is 17.2 Å². The van der Waals surface area contributed by atoms with Gasteiger partial charge in [-0.3, -0.25) is 9.59 Å². The average Bonchev–Trinajstić information content (AvgIpc) is 3.49. The summed E-state index contributed by atoms with van der Waals surface area (Å²) in [6.45, 7) is 0. The molecule has 1 atom stereocenters. The zero-order chi connectivity index (χ0) is 30.6. The lowest BCUT2D eigenvalue weighted by Crippen LogP contribution is -2.39. The smallest absolute Gasteiger partial charge is 0.404 e. The number of nitrogens with zero attached hydrogens (tertiary/aromatic N) is 3. The van der Waals surface area contributed by atoms with Crippen LogP contribution in [-0.4, -0.2) is 49.6 Å². The minimum Gasteiger partial charge on any atom is -0.465 e. The van der Waals surface area contributed by atoms with Crippen LogP contribution in [0.5, 0.6) is 0 Å². The molecule has 4 aromatic rings. The molecule has 1 fully saturated rings. The molecule has 0 bridgehead atoms. The van der Waals surface area contributed by atoms with Crippen molar-refractivity contribution in [2.24, 2.45) is 0 Å². The van der Waals surface area contributed by atoms with Gasteiger partial charge in [0.1, 0.15) is 11.6 Å². The Hall–Kier alpha value is -5.52. The van der Waals surface area contributed by atoms with Crippen molar-refractivity contribution in [2.45, 2.75) is 43.7 Å². The predicted molar refractivity (Wildman–Crippen MR) is 164 cm³/mol. The van der Waals surface area contributed by atoms with Crippen molar-refractivity contribution < 1.29 is 23.9 Å². The van der Waals surface area contributed by atoms with Crippen LogP contribution in [0.15, 0.2) is 90.8 Å². The molecule has 1 saturated carbocycles. The highest BCUT2D eigenvalue weighted by atomic mass is 19.1. The highest BCUT2D eigenvalue weighted by molar-refractivity contribution is 6.26. The van der Waals surface area contributed by atoms with E-state index in [-0.39, 0.29) is 23.4 Å². The number of allylic oxidation sites excluding steroid dienone is 3. The molecule has 224 valence electrons. The predicted octanol–water partition coefficient (Wildman–Crippen LogP) is 5.39. The lowest BCUT2D eigenvalue weighted by atomic mass is 9.86. The maximum absolute atomic E-state index is 13.3. The number of ketones is 1. The number of rotatable bonds is 8. The van der Waals surface area contributed by atoms with E-state index >= 15 is 0 Å². The molecule has 2 amide bonds. The minimum atomic E-state index is -0.995. The van der Waals surface area contributed by atoms with Crippen LogP contribution >= 0.6 is 0 Å². The molecule has 2 aromatic carbocycles. The number of nitrogens with one attached hydrogen (secondary N) is 4. The molecule has 6 rings (SSSR count). The number of carbonyl (C=O) groups excluding carboxylic acids is 2. The average molecular weight is 596 g/mol. The minimum absolute atomic E-state index is 0.0224. The number of aromatic nitrogens is 3. The summed E-state index contributed by atoms with van der Waals surface area (Å²) in [5.41, 5.74) is 3.25. The molecule has 2 aliphatic rings. The summed E-state index contributed by atoms with van der Waals surface area (Å²) in [5.74, 6) is -1.27. The number of imidazole rings is 1. The Morgan fingerprint density at radius 2 is 1.66 bits per heavy atom. The quantitative estimate of drug-likeness (QED) is 0.170. The summed E-state index contributed by atoms with van der Waals surface area (Å²) in [4.78, 5) is 41.4. The fourth-order valence-corrected chi connectivity index (χ4v) is 5.56. The zero-order valence-electron chi connectivity index (χ0n) is 23.5. The molecule has 2 aliphatic carbocycles. The van der Waals surface area contributed by atoms with Gasteiger partial charge >= 0.3 is 6.09 Å². The standard InChI is InChI=1S/C32H30FN7O4/c33-20-6-4-19(5-7-20)25-2-1-3-26(29(25)41)31(42)37-23-12-8-21(9-13-23)35-27-18-28(39-40-17-16-34-30(27)40)36-22-10-14-24(15-11-22)38-32(43)44/h1-9,12-13,16-18,22,24-25,35,38H,10-11,14-15H2,(H,36,39)(H,37,42)(H,43,44). The third-order valence-corrected chi connectivity index (χ3v) is 7.78. The van der Waals surface area contributed by atoms with Crippen LogP contribution < -0.4 is 21.3 Å². The van der Waals surface area contributed by atoms with Crippen molar-refractivity contribution in [1.82, 2.24) is 19.9 Å². The van der Waals surface area contributed by atoms with Gasteiger partial charge in [-0.15, -0.1) is 5.10 Å². The van der Waals surface area contributed by atoms with Gasteiger partial charge in [0.2, 0.25) is 0 Å². The monoisotopic (exact) mass is 595 g/mol. The highest BCUT2D eigenvalue weighted by Crippen LogP contribution is 2.29. The molecule has 0 spiro atoms. The van der Waals surface area contributed by atoms with Crippen molar-refractivity contribution in [3.8, 4) is 0 Å². The van der Waals surface area contributed by atoms with Crippen molar-refractivity contribution in [3.05, 3.63) is 102 Å². The first-order chi connectivity index (χ1) is 21.3. The van der Waals surface area contributed by atoms with E-state index in [1.54, 1.807) is 65.5 Å². The molecular weight excluding hydrogens is 565 g/mol. The number of benzene rings is 2. The third kappa shape index (κ3) is 6.43. The summed E-state index contributed by atoms with van der Waals surface area (Å²) >= 11 is 0. The zero-order valence-corrected chi connectivity index (χ0v) is 23.5. The molecule has 2 aromatic heterocycles. The van der Waals surface area contributed by atoms with E-state index in [2.05, 4.69) is 31.3 Å².